The SMILES string of the molecule is COc1ccccc1C1c2cc3c(cc2OC(O)(O)C1C)OCO3. The van der Waals surface area contributed by atoms with Gasteiger partial charge in [-0.2, -0.15) is 0 Å². The van der Waals surface area contributed by atoms with E-state index in [1.807, 2.05) is 30.3 Å². The summed E-state index contributed by atoms with van der Waals surface area (Å²) in [6, 6.07) is 11.0. The van der Waals surface area contributed by atoms with Gasteiger partial charge in [0.2, 0.25) is 6.79 Å². The molecule has 0 bridgehead atoms. The Bertz CT molecular complexity index is 785. The normalized spacial score (nSPS) is 23.3. The fourth-order valence-corrected chi connectivity index (χ4v) is 3.37. The Morgan fingerprint density at radius 2 is 1.75 bits per heavy atom. The first-order valence-electron chi connectivity index (χ1n) is 7.71. The zero-order valence-corrected chi connectivity index (χ0v) is 13.4. The lowest BCUT2D eigenvalue weighted by Crippen LogP contribution is -2.48. The second-order valence-electron chi connectivity index (χ2n) is 6.01. The molecule has 2 N–H and O–H groups in total. The van der Waals surface area contributed by atoms with E-state index in [1.165, 1.54) is 0 Å². The number of aliphatic hydroxyl groups is 2. The van der Waals surface area contributed by atoms with Gasteiger partial charge in [0.15, 0.2) is 11.5 Å². The van der Waals surface area contributed by atoms with Crippen LogP contribution in [-0.2, 0) is 0 Å². The number of benzene rings is 2. The van der Waals surface area contributed by atoms with Crippen molar-refractivity contribution in [2.24, 2.45) is 5.92 Å². The Morgan fingerprint density at radius 3 is 2.50 bits per heavy atom. The third kappa shape index (κ3) is 2.18. The van der Waals surface area contributed by atoms with Gasteiger partial charge in [-0.25, -0.2) is 0 Å². The van der Waals surface area contributed by atoms with Gasteiger partial charge in [0.05, 0.1) is 13.0 Å². The van der Waals surface area contributed by atoms with Crippen LogP contribution in [0.3, 0.4) is 0 Å². The average Bonchev–Trinajstić information content (AvgIpc) is 3.01. The van der Waals surface area contributed by atoms with Crippen LogP contribution in [0.5, 0.6) is 23.0 Å². The number of rotatable bonds is 2. The first kappa shape index (κ1) is 15.1. The van der Waals surface area contributed by atoms with Crippen LogP contribution >= 0.6 is 0 Å². The zero-order chi connectivity index (χ0) is 16.9. The lowest BCUT2D eigenvalue weighted by atomic mass is 9.77. The van der Waals surface area contributed by atoms with Crippen molar-refractivity contribution < 1.29 is 29.2 Å². The van der Waals surface area contributed by atoms with Crippen molar-refractivity contribution in [1.29, 1.82) is 0 Å². The predicted molar refractivity (Wildman–Crippen MR) is 84.4 cm³/mol. The molecular weight excluding hydrogens is 312 g/mol. The number of ether oxygens (including phenoxy) is 4. The van der Waals surface area contributed by atoms with Gasteiger partial charge in [-0.15, -0.1) is 0 Å². The summed E-state index contributed by atoms with van der Waals surface area (Å²) in [7, 11) is 1.59. The molecule has 0 spiro atoms. The van der Waals surface area contributed by atoms with Gasteiger partial charge >= 0.3 is 5.97 Å². The number of fused-ring (bicyclic) bond motifs is 2. The molecule has 2 aliphatic heterocycles. The van der Waals surface area contributed by atoms with Crippen molar-refractivity contribution in [2.75, 3.05) is 13.9 Å². The number of hydrogen-bond donors (Lipinski definition) is 2. The van der Waals surface area contributed by atoms with E-state index >= 15 is 0 Å². The Balaban J connectivity index is 1.93. The molecule has 24 heavy (non-hydrogen) atoms. The molecule has 0 saturated heterocycles. The summed E-state index contributed by atoms with van der Waals surface area (Å²) in [5, 5.41) is 20.7. The Hall–Kier alpha value is -2.44. The van der Waals surface area contributed by atoms with Crippen LogP contribution < -0.4 is 18.9 Å². The maximum absolute atomic E-state index is 10.4. The van der Waals surface area contributed by atoms with Crippen molar-refractivity contribution in [2.45, 2.75) is 18.8 Å². The highest BCUT2D eigenvalue weighted by Gasteiger charge is 2.47. The smallest absolute Gasteiger partial charge is 0.325 e. The van der Waals surface area contributed by atoms with Crippen molar-refractivity contribution in [3.05, 3.63) is 47.5 Å². The van der Waals surface area contributed by atoms with Crippen LogP contribution in [-0.4, -0.2) is 30.1 Å². The van der Waals surface area contributed by atoms with E-state index in [0.29, 0.717) is 23.0 Å². The fraction of sp³-hybridized carbons (Fsp3) is 0.333. The Labute approximate surface area is 139 Å². The lowest BCUT2D eigenvalue weighted by Gasteiger charge is -2.40. The van der Waals surface area contributed by atoms with E-state index in [2.05, 4.69) is 0 Å². The molecule has 2 atom stereocenters. The van der Waals surface area contributed by atoms with Crippen LogP contribution in [0, 0.1) is 5.92 Å². The molecule has 0 aliphatic carbocycles. The Morgan fingerprint density at radius 1 is 1.04 bits per heavy atom. The number of hydrogen-bond acceptors (Lipinski definition) is 6. The second-order valence-corrected chi connectivity index (χ2v) is 6.01. The van der Waals surface area contributed by atoms with Crippen LogP contribution in [0.25, 0.3) is 0 Å². The summed E-state index contributed by atoms with van der Waals surface area (Å²) in [6.45, 7) is 1.86. The average molecular weight is 330 g/mol. The highest BCUT2D eigenvalue weighted by atomic mass is 16.8. The standard InChI is InChI=1S/C18H18O6/c1-10-17(11-5-3-4-6-13(11)21-2)12-7-15-16(23-9-22-15)8-14(12)24-18(10,19)20/h3-8,10,17,19-20H,9H2,1-2H3. The third-order valence-corrected chi connectivity index (χ3v) is 4.67. The quantitative estimate of drug-likeness (QED) is 0.822. The van der Waals surface area contributed by atoms with Gasteiger partial charge in [-0.1, -0.05) is 25.1 Å². The summed E-state index contributed by atoms with van der Waals surface area (Å²) in [5.41, 5.74) is 1.65. The molecule has 2 aromatic rings. The number of para-hydroxylation sites is 1. The van der Waals surface area contributed by atoms with Gasteiger partial charge < -0.3 is 29.2 Å². The van der Waals surface area contributed by atoms with Crippen molar-refractivity contribution in [3.8, 4) is 23.0 Å². The lowest BCUT2D eigenvalue weighted by molar-refractivity contribution is -0.328. The summed E-state index contributed by atoms with van der Waals surface area (Å²) in [6.07, 6.45) is 0. The maximum atomic E-state index is 10.4. The molecule has 2 aromatic carbocycles. The van der Waals surface area contributed by atoms with Crippen LogP contribution in [0.4, 0.5) is 0 Å². The molecule has 2 aliphatic rings. The molecule has 126 valence electrons. The molecule has 0 fully saturated rings. The minimum Gasteiger partial charge on any atom is -0.496 e. The van der Waals surface area contributed by atoms with Gasteiger partial charge in [0.25, 0.3) is 0 Å². The summed E-state index contributed by atoms with van der Waals surface area (Å²) in [5.74, 6) is -1.08. The monoisotopic (exact) mass is 330 g/mol. The predicted octanol–water partition coefficient (Wildman–Crippen LogP) is 2.22. The molecule has 2 unspecified atom stereocenters. The maximum Gasteiger partial charge on any atom is 0.325 e. The highest BCUT2D eigenvalue weighted by molar-refractivity contribution is 5.57. The molecule has 4 rings (SSSR count). The van der Waals surface area contributed by atoms with Gasteiger partial charge in [0, 0.05) is 23.1 Å². The van der Waals surface area contributed by atoms with Crippen molar-refractivity contribution >= 4 is 0 Å². The van der Waals surface area contributed by atoms with E-state index in [4.69, 9.17) is 18.9 Å². The fourth-order valence-electron chi connectivity index (χ4n) is 3.37. The topological polar surface area (TPSA) is 77.4 Å². The molecule has 0 saturated carbocycles. The van der Waals surface area contributed by atoms with E-state index in [0.717, 1.165) is 11.1 Å². The molecule has 0 amide bonds. The molecule has 0 radical (unpaired) electrons. The van der Waals surface area contributed by atoms with Crippen LogP contribution in [0.2, 0.25) is 0 Å². The van der Waals surface area contributed by atoms with Crippen LogP contribution in [0.1, 0.15) is 24.0 Å². The summed E-state index contributed by atoms with van der Waals surface area (Å²) < 4.78 is 21.7. The molecule has 6 heteroatoms. The van der Waals surface area contributed by atoms with Crippen molar-refractivity contribution in [3.63, 3.8) is 0 Å². The summed E-state index contributed by atoms with van der Waals surface area (Å²) in [4.78, 5) is 0. The van der Waals surface area contributed by atoms with Gasteiger partial charge in [-0.05, 0) is 12.1 Å². The van der Waals surface area contributed by atoms with Crippen LogP contribution in [0.15, 0.2) is 36.4 Å². The van der Waals surface area contributed by atoms with E-state index < -0.39 is 11.9 Å². The minimum absolute atomic E-state index is 0.135. The first-order chi connectivity index (χ1) is 11.5. The second kappa shape index (κ2) is 5.29. The zero-order valence-electron chi connectivity index (χ0n) is 13.4. The third-order valence-electron chi connectivity index (χ3n) is 4.67. The minimum atomic E-state index is -2.30. The van der Waals surface area contributed by atoms with Gasteiger partial charge in [-0.3, -0.25) is 0 Å². The molecule has 2 heterocycles. The molecule has 6 nitrogen and oxygen atoms in total. The van der Waals surface area contributed by atoms with E-state index in [1.54, 1.807) is 20.1 Å². The Kier molecular flexibility index (Phi) is 3.33. The molecule has 0 aromatic heterocycles. The molecular formula is C18H18O6. The van der Waals surface area contributed by atoms with E-state index in [-0.39, 0.29) is 12.7 Å². The largest absolute Gasteiger partial charge is 0.496 e. The van der Waals surface area contributed by atoms with Gasteiger partial charge in [0.1, 0.15) is 11.5 Å². The first-order valence-corrected chi connectivity index (χ1v) is 7.71. The highest BCUT2D eigenvalue weighted by Crippen LogP contribution is 2.52. The number of methoxy groups -OCH3 is 1. The van der Waals surface area contributed by atoms with E-state index in [9.17, 15) is 10.2 Å². The van der Waals surface area contributed by atoms with Crippen molar-refractivity contribution in [1.82, 2.24) is 0 Å². The summed E-state index contributed by atoms with van der Waals surface area (Å²) >= 11 is 0.